The summed E-state index contributed by atoms with van der Waals surface area (Å²) in [7, 11) is 0. The van der Waals surface area contributed by atoms with Gasteiger partial charge in [-0.3, -0.25) is 4.79 Å². The van der Waals surface area contributed by atoms with Crippen molar-refractivity contribution in [3.05, 3.63) is 34.2 Å². The molecule has 0 saturated heterocycles. The molecule has 0 bridgehead atoms. The zero-order valence-corrected chi connectivity index (χ0v) is 11.2. The van der Waals surface area contributed by atoms with E-state index in [2.05, 4.69) is 26.1 Å². The van der Waals surface area contributed by atoms with Gasteiger partial charge in [0.05, 0.1) is 0 Å². The molecule has 0 aromatic carbocycles. The van der Waals surface area contributed by atoms with E-state index in [-0.39, 0.29) is 5.56 Å². The zero-order valence-electron chi connectivity index (χ0n) is 11.2. The van der Waals surface area contributed by atoms with E-state index in [4.69, 9.17) is 0 Å². The smallest absolute Gasteiger partial charge is 0.255 e. The van der Waals surface area contributed by atoms with Crippen molar-refractivity contribution in [3.63, 3.8) is 0 Å². The first kappa shape index (κ1) is 14.0. The second kappa shape index (κ2) is 7.28. The summed E-state index contributed by atoms with van der Waals surface area (Å²) in [5.41, 5.74) is 1.01. The molecule has 1 aromatic rings. The number of hydrogen-bond donors (Lipinski definition) is 1. The Morgan fingerprint density at radius 2 is 2.12 bits per heavy atom. The number of aryl methyl sites for hydroxylation is 1. The SMILES string of the molecule is CCCCCn1cccc(CNC(C)C)c1=O. The Bertz CT molecular complexity index is 382. The van der Waals surface area contributed by atoms with Gasteiger partial charge in [0.1, 0.15) is 0 Å². The Morgan fingerprint density at radius 1 is 1.35 bits per heavy atom. The minimum Gasteiger partial charge on any atom is -0.315 e. The highest BCUT2D eigenvalue weighted by atomic mass is 16.1. The molecule has 96 valence electrons. The molecule has 0 atom stereocenters. The van der Waals surface area contributed by atoms with Crippen LogP contribution >= 0.6 is 0 Å². The lowest BCUT2D eigenvalue weighted by Crippen LogP contribution is -2.29. The summed E-state index contributed by atoms with van der Waals surface area (Å²) in [5.74, 6) is 0. The van der Waals surface area contributed by atoms with Gasteiger partial charge >= 0.3 is 0 Å². The summed E-state index contributed by atoms with van der Waals surface area (Å²) < 4.78 is 1.83. The lowest BCUT2D eigenvalue weighted by molar-refractivity contribution is 0.562. The van der Waals surface area contributed by atoms with Crippen LogP contribution in [-0.4, -0.2) is 10.6 Å². The number of hydrogen-bond acceptors (Lipinski definition) is 2. The average molecular weight is 236 g/mol. The van der Waals surface area contributed by atoms with Crippen LogP contribution in [0.25, 0.3) is 0 Å². The van der Waals surface area contributed by atoms with Crippen molar-refractivity contribution >= 4 is 0 Å². The minimum absolute atomic E-state index is 0.150. The molecule has 1 aromatic heterocycles. The van der Waals surface area contributed by atoms with Gasteiger partial charge in [-0.25, -0.2) is 0 Å². The van der Waals surface area contributed by atoms with Crippen LogP contribution in [0.5, 0.6) is 0 Å². The van der Waals surface area contributed by atoms with E-state index in [1.807, 2.05) is 22.9 Å². The van der Waals surface area contributed by atoms with E-state index in [0.717, 1.165) is 18.5 Å². The van der Waals surface area contributed by atoms with Crippen LogP contribution in [0.3, 0.4) is 0 Å². The number of nitrogens with zero attached hydrogens (tertiary/aromatic N) is 1. The van der Waals surface area contributed by atoms with Crippen LogP contribution < -0.4 is 10.9 Å². The fourth-order valence-electron chi connectivity index (χ4n) is 1.74. The molecule has 0 radical (unpaired) electrons. The topological polar surface area (TPSA) is 34.0 Å². The Kier molecular flexibility index (Phi) is 5.98. The Labute approximate surface area is 104 Å². The monoisotopic (exact) mass is 236 g/mol. The predicted molar refractivity (Wildman–Crippen MR) is 72.2 cm³/mol. The zero-order chi connectivity index (χ0) is 12.7. The van der Waals surface area contributed by atoms with Crippen LogP contribution in [0.4, 0.5) is 0 Å². The van der Waals surface area contributed by atoms with E-state index in [1.165, 1.54) is 12.8 Å². The quantitative estimate of drug-likeness (QED) is 0.738. The molecule has 1 rings (SSSR count). The maximum Gasteiger partial charge on any atom is 0.255 e. The highest BCUT2D eigenvalue weighted by Crippen LogP contribution is 1.98. The molecule has 0 fully saturated rings. The van der Waals surface area contributed by atoms with E-state index in [9.17, 15) is 4.79 Å². The first-order chi connectivity index (χ1) is 8.15. The molecular weight excluding hydrogens is 212 g/mol. The van der Waals surface area contributed by atoms with Gasteiger partial charge in [0, 0.05) is 30.9 Å². The number of unbranched alkanes of at least 4 members (excludes halogenated alkanes) is 2. The summed E-state index contributed by atoms with van der Waals surface area (Å²) in [4.78, 5) is 12.1. The third kappa shape index (κ3) is 4.73. The van der Waals surface area contributed by atoms with Gasteiger partial charge in [-0.2, -0.15) is 0 Å². The van der Waals surface area contributed by atoms with Gasteiger partial charge in [-0.15, -0.1) is 0 Å². The normalized spacial score (nSPS) is 11.1. The number of aromatic nitrogens is 1. The summed E-state index contributed by atoms with van der Waals surface area (Å²) in [6, 6.07) is 4.28. The molecule has 1 N–H and O–H groups in total. The molecule has 0 aliphatic rings. The molecule has 0 aliphatic carbocycles. The third-order valence-corrected chi connectivity index (χ3v) is 2.80. The average Bonchev–Trinajstić information content (AvgIpc) is 2.30. The first-order valence-electron chi connectivity index (χ1n) is 6.57. The fourth-order valence-corrected chi connectivity index (χ4v) is 1.74. The van der Waals surface area contributed by atoms with Crippen LogP contribution in [0.2, 0.25) is 0 Å². The molecule has 0 aliphatic heterocycles. The van der Waals surface area contributed by atoms with Crippen LogP contribution in [0, 0.1) is 0 Å². The molecule has 3 heteroatoms. The highest BCUT2D eigenvalue weighted by Gasteiger charge is 2.03. The predicted octanol–water partition coefficient (Wildman–Crippen LogP) is 2.54. The lowest BCUT2D eigenvalue weighted by Gasteiger charge is -2.10. The van der Waals surface area contributed by atoms with Gasteiger partial charge < -0.3 is 9.88 Å². The number of nitrogens with one attached hydrogen (secondary N) is 1. The summed E-state index contributed by atoms with van der Waals surface area (Å²) >= 11 is 0. The van der Waals surface area contributed by atoms with E-state index in [0.29, 0.717) is 12.6 Å². The second-order valence-electron chi connectivity index (χ2n) is 4.77. The van der Waals surface area contributed by atoms with E-state index < -0.39 is 0 Å². The largest absolute Gasteiger partial charge is 0.315 e. The lowest BCUT2D eigenvalue weighted by atomic mass is 10.2. The van der Waals surface area contributed by atoms with Crippen molar-refractivity contribution < 1.29 is 0 Å². The summed E-state index contributed by atoms with van der Waals surface area (Å²) in [6.45, 7) is 7.84. The van der Waals surface area contributed by atoms with Gasteiger partial charge in [0.2, 0.25) is 0 Å². The molecule has 0 spiro atoms. The molecule has 1 heterocycles. The van der Waals surface area contributed by atoms with Gasteiger partial charge in [-0.1, -0.05) is 39.7 Å². The van der Waals surface area contributed by atoms with E-state index in [1.54, 1.807) is 0 Å². The highest BCUT2D eigenvalue weighted by molar-refractivity contribution is 5.10. The molecule has 0 amide bonds. The van der Waals surface area contributed by atoms with Crippen LogP contribution in [-0.2, 0) is 13.1 Å². The number of rotatable bonds is 7. The molecule has 0 saturated carbocycles. The fraction of sp³-hybridized carbons (Fsp3) is 0.643. The Morgan fingerprint density at radius 3 is 2.76 bits per heavy atom. The first-order valence-corrected chi connectivity index (χ1v) is 6.57. The van der Waals surface area contributed by atoms with Crippen molar-refractivity contribution in [3.8, 4) is 0 Å². The van der Waals surface area contributed by atoms with Crippen molar-refractivity contribution in [2.24, 2.45) is 0 Å². The van der Waals surface area contributed by atoms with Gasteiger partial charge in [-0.05, 0) is 12.5 Å². The van der Waals surface area contributed by atoms with Crippen LogP contribution in [0.15, 0.2) is 23.1 Å². The number of pyridine rings is 1. The van der Waals surface area contributed by atoms with Gasteiger partial charge in [0.15, 0.2) is 0 Å². The van der Waals surface area contributed by atoms with Crippen molar-refractivity contribution in [1.29, 1.82) is 0 Å². The Hall–Kier alpha value is -1.09. The van der Waals surface area contributed by atoms with Gasteiger partial charge in [0.25, 0.3) is 5.56 Å². The second-order valence-corrected chi connectivity index (χ2v) is 4.77. The van der Waals surface area contributed by atoms with Crippen molar-refractivity contribution in [2.45, 2.75) is 59.2 Å². The molecule has 17 heavy (non-hydrogen) atoms. The van der Waals surface area contributed by atoms with Crippen molar-refractivity contribution in [2.75, 3.05) is 0 Å². The van der Waals surface area contributed by atoms with E-state index >= 15 is 0 Å². The maximum atomic E-state index is 12.1. The van der Waals surface area contributed by atoms with Crippen molar-refractivity contribution in [1.82, 2.24) is 9.88 Å². The van der Waals surface area contributed by atoms with Crippen LogP contribution in [0.1, 0.15) is 45.6 Å². The maximum absolute atomic E-state index is 12.1. The third-order valence-electron chi connectivity index (χ3n) is 2.80. The summed E-state index contributed by atoms with van der Waals surface area (Å²) in [6.07, 6.45) is 5.33. The Balaban J connectivity index is 2.66. The summed E-state index contributed by atoms with van der Waals surface area (Å²) in [5, 5.41) is 3.28. The standard InChI is InChI=1S/C14H24N2O/c1-4-5-6-9-16-10-7-8-13(14(16)17)11-15-12(2)3/h7-8,10,12,15H,4-6,9,11H2,1-3H3. The molecule has 3 nitrogen and oxygen atoms in total. The minimum atomic E-state index is 0.150. The molecular formula is C14H24N2O. The molecule has 0 unspecified atom stereocenters.